The van der Waals surface area contributed by atoms with Gasteiger partial charge < -0.3 is 10.6 Å². The van der Waals surface area contributed by atoms with Gasteiger partial charge in [0.05, 0.1) is 22.4 Å². The number of nitrogens with one attached hydrogen (secondary N) is 2. The summed E-state index contributed by atoms with van der Waals surface area (Å²) in [5.74, 6) is 0.106. The van der Waals surface area contributed by atoms with Crippen LogP contribution in [0.25, 0.3) is 11.4 Å². The minimum absolute atomic E-state index is 0.00891. The maximum atomic E-state index is 11.9. The molecule has 2 aromatic heterocycles. The van der Waals surface area contributed by atoms with Gasteiger partial charge in [0.15, 0.2) is 0 Å². The fourth-order valence-electron chi connectivity index (χ4n) is 2.38. The van der Waals surface area contributed by atoms with Crippen LogP contribution in [0, 0.1) is 0 Å². The standard InChI is InChI=1S/C15H18N4OS/c20-15(12-5-3-8-17-12)18-9-6-14-19-13(10-21-14)11-4-1-2-7-16-11/h1-2,4,7,10,12,17H,3,5-6,8-9H2,(H,18,20)/t12-/m0/s1. The molecule has 6 heteroatoms. The number of pyridine rings is 1. The largest absolute Gasteiger partial charge is 0.354 e. The zero-order valence-corrected chi connectivity index (χ0v) is 12.5. The minimum Gasteiger partial charge on any atom is -0.354 e. The molecule has 1 aliphatic rings. The van der Waals surface area contributed by atoms with Crippen molar-refractivity contribution in [3.05, 3.63) is 34.8 Å². The predicted molar refractivity (Wildman–Crippen MR) is 83.1 cm³/mol. The second kappa shape index (κ2) is 6.78. The van der Waals surface area contributed by atoms with E-state index >= 15 is 0 Å². The van der Waals surface area contributed by atoms with Crippen LogP contribution in [0.3, 0.4) is 0 Å². The zero-order chi connectivity index (χ0) is 14.5. The lowest BCUT2D eigenvalue weighted by molar-refractivity contribution is -0.122. The van der Waals surface area contributed by atoms with Crippen LogP contribution in [0.5, 0.6) is 0 Å². The van der Waals surface area contributed by atoms with Gasteiger partial charge in [-0.25, -0.2) is 4.98 Å². The summed E-state index contributed by atoms with van der Waals surface area (Å²) in [7, 11) is 0. The highest BCUT2D eigenvalue weighted by Crippen LogP contribution is 2.19. The lowest BCUT2D eigenvalue weighted by Gasteiger charge is -2.10. The third kappa shape index (κ3) is 3.65. The Balaban J connectivity index is 1.50. The summed E-state index contributed by atoms with van der Waals surface area (Å²) in [5.41, 5.74) is 1.79. The topological polar surface area (TPSA) is 66.9 Å². The molecule has 1 amide bonds. The molecule has 0 aliphatic carbocycles. The number of hydrogen-bond acceptors (Lipinski definition) is 5. The van der Waals surface area contributed by atoms with Gasteiger partial charge in [-0.3, -0.25) is 9.78 Å². The average Bonchev–Trinajstić information content (AvgIpc) is 3.20. The number of rotatable bonds is 5. The van der Waals surface area contributed by atoms with E-state index in [4.69, 9.17) is 0 Å². The van der Waals surface area contributed by atoms with E-state index in [-0.39, 0.29) is 11.9 Å². The Bertz CT molecular complexity index is 593. The maximum Gasteiger partial charge on any atom is 0.237 e. The molecule has 1 fully saturated rings. The SMILES string of the molecule is O=C(NCCc1nc(-c2ccccn2)cs1)[C@@H]1CCCN1. The molecule has 1 atom stereocenters. The summed E-state index contributed by atoms with van der Waals surface area (Å²) >= 11 is 1.61. The van der Waals surface area contributed by atoms with Crippen LogP contribution in [-0.2, 0) is 11.2 Å². The highest BCUT2D eigenvalue weighted by atomic mass is 32.1. The molecular formula is C15H18N4OS. The zero-order valence-electron chi connectivity index (χ0n) is 11.7. The minimum atomic E-state index is -0.00891. The van der Waals surface area contributed by atoms with Crippen LogP contribution in [-0.4, -0.2) is 35.0 Å². The van der Waals surface area contributed by atoms with E-state index in [0.717, 1.165) is 42.2 Å². The Morgan fingerprint density at radius 1 is 1.43 bits per heavy atom. The molecule has 21 heavy (non-hydrogen) atoms. The van der Waals surface area contributed by atoms with Crippen molar-refractivity contribution in [2.24, 2.45) is 0 Å². The molecule has 0 unspecified atom stereocenters. The third-order valence-corrected chi connectivity index (χ3v) is 4.40. The van der Waals surface area contributed by atoms with E-state index in [1.54, 1.807) is 17.5 Å². The second-order valence-electron chi connectivity index (χ2n) is 5.03. The van der Waals surface area contributed by atoms with Crippen molar-refractivity contribution >= 4 is 17.2 Å². The molecular weight excluding hydrogens is 284 g/mol. The average molecular weight is 302 g/mol. The van der Waals surface area contributed by atoms with Crippen LogP contribution < -0.4 is 10.6 Å². The Labute approximate surface area is 127 Å². The van der Waals surface area contributed by atoms with Gasteiger partial charge in [0, 0.05) is 24.5 Å². The molecule has 0 radical (unpaired) electrons. The molecule has 0 bridgehead atoms. The number of hydrogen-bond donors (Lipinski definition) is 2. The van der Waals surface area contributed by atoms with Gasteiger partial charge in [-0.05, 0) is 31.5 Å². The first-order chi connectivity index (χ1) is 10.3. The lowest BCUT2D eigenvalue weighted by Crippen LogP contribution is -2.41. The molecule has 0 saturated carbocycles. The van der Waals surface area contributed by atoms with Crippen molar-refractivity contribution in [1.82, 2.24) is 20.6 Å². The van der Waals surface area contributed by atoms with Crippen molar-refractivity contribution in [1.29, 1.82) is 0 Å². The lowest BCUT2D eigenvalue weighted by atomic mass is 10.2. The van der Waals surface area contributed by atoms with E-state index in [9.17, 15) is 4.79 Å². The molecule has 3 heterocycles. The number of thiazole rings is 1. The summed E-state index contributed by atoms with van der Waals surface area (Å²) in [4.78, 5) is 20.7. The van der Waals surface area contributed by atoms with Gasteiger partial charge in [-0.15, -0.1) is 11.3 Å². The molecule has 0 aromatic carbocycles. The molecule has 1 saturated heterocycles. The number of nitrogens with zero attached hydrogens (tertiary/aromatic N) is 2. The number of carbonyl (C=O) groups is 1. The molecule has 3 rings (SSSR count). The Morgan fingerprint density at radius 2 is 2.38 bits per heavy atom. The predicted octanol–water partition coefficient (Wildman–Crippen LogP) is 1.62. The van der Waals surface area contributed by atoms with Gasteiger partial charge in [0.2, 0.25) is 5.91 Å². The Kier molecular flexibility index (Phi) is 4.57. The summed E-state index contributed by atoms with van der Waals surface area (Å²) in [6, 6.07) is 5.79. The first kappa shape index (κ1) is 14.2. The molecule has 0 spiro atoms. The van der Waals surface area contributed by atoms with Crippen LogP contribution in [0.2, 0.25) is 0 Å². The fraction of sp³-hybridized carbons (Fsp3) is 0.400. The van der Waals surface area contributed by atoms with E-state index in [0.29, 0.717) is 6.54 Å². The summed E-state index contributed by atoms with van der Waals surface area (Å²) in [6.45, 7) is 1.57. The quantitative estimate of drug-likeness (QED) is 0.881. The number of amides is 1. The maximum absolute atomic E-state index is 11.9. The van der Waals surface area contributed by atoms with E-state index in [1.807, 2.05) is 23.6 Å². The van der Waals surface area contributed by atoms with Crippen molar-refractivity contribution < 1.29 is 4.79 Å². The van der Waals surface area contributed by atoms with Gasteiger partial charge in [0.25, 0.3) is 0 Å². The van der Waals surface area contributed by atoms with Crippen molar-refractivity contribution in [3.63, 3.8) is 0 Å². The van der Waals surface area contributed by atoms with E-state index in [1.165, 1.54) is 0 Å². The molecule has 110 valence electrons. The Morgan fingerprint density at radius 3 is 3.14 bits per heavy atom. The molecule has 2 N–H and O–H groups in total. The highest BCUT2D eigenvalue weighted by Gasteiger charge is 2.21. The van der Waals surface area contributed by atoms with Gasteiger partial charge in [-0.1, -0.05) is 6.07 Å². The van der Waals surface area contributed by atoms with Crippen molar-refractivity contribution in [3.8, 4) is 11.4 Å². The number of carbonyl (C=O) groups excluding carboxylic acids is 1. The van der Waals surface area contributed by atoms with E-state index in [2.05, 4.69) is 20.6 Å². The fourth-order valence-corrected chi connectivity index (χ4v) is 3.17. The first-order valence-corrected chi connectivity index (χ1v) is 8.08. The van der Waals surface area contributed by atoms with Crippen LogP contribution in [0.1, 0.15) is 17.8 Å². The smallest absolute Gasteiger partial charge is 0.237 e. The Hall–Kier alpha value is -1.79. The van der Waals surface area contributed by atoms with Gasteiger partial charge in [0.1, 0.15) is 0 Å². The molecule has 5 nitrogen and oxygen atoms in total. The first-order valence-electron chi connectivity index (χ1n) is 7.20. The van der Waals surface area contributed by atoms with E-state index < -0.39 is 0 Å². The molecule has 1 aliphatic heterocycles. The van der Waals surface area contributed by atoms with Crippen molar-refractivity contribution in [2.75, 3.05) is 13.1 Å². The second-order valence-corrected chi connectivity index (χ2v) is 5.97. The number of aromatic nitrogens is 2. The van der Waals surface area contributed by atoms with Crippen molar-refractivity contribution in [2.45, 2.75) is 25.3 Å². The summed E-state index contributed by atoms with van der Waals surface area (Å²) in [5, 5.41) is 9.20. The van der Waals surface area contributed by atoms with Crippen LogP contribution in [0.15, 0.2) is 29.8 Å². The summed E-state index contributed by atoms with van der Waals surface area (Å²) in [6.07, 6.45) is 4.55. The third-order valence-electron chi connectivity index (χ3n) is 3.49. The van der Waals surface area contributed by atoms with Gasteiger partial charge in [-0.2, -0.15) is 0 Å². The molecule has 2 aromatic rings. The summed E-state index contributed by atoms with van der Waals surface area (Å²) < 4.78 is 0. The normalized spacial score (nSPS) is 17.8. The monoisotopic (exact) mass is 302 g/mol. The highest BCUT2D eigenvalue weighted by molar-refractivity contribution is 7.09. The van der Waals surface area contributed by atoms with Crippen LogP contribution >= 0.6 is 11.3 Å². The van der Waals surface area contributed by atoms with Gasteiger partial charge >= 0.3 is 0 Å². The van der Waals surface area contributed by atoms with Crippen LogP contribution in [0.4, 0.5) is 0 Å².